The first-order valence-electron chi connectivity index (χ1n) is 4.53. The van der Waals surface area contributed by atoms with Crippen LogP contribution in [0.15, 0.2) is 5.16 Å². The maximum absolute atomic E-state index is 11.2. The predicted molar refractivity (Wildman–Crippen MR) is 56.5 cm³/mol. The normalized spacial score (nSPS) is 22.3. The zero-order valence-electron chi connectivity index (χ0n) is 7.90. The van der Waals surface area contributed by atoms with Crippen molar-refractivity contribution in [2.24, 2.45) is 16.8 Å². The lowest BCUT2D eigenvalue weighted by Gasteiger charge is -2.09. The van der Waals surface area contributed by atoms with Gasteiger partial charge in [-0.25, -0.2) is 0 Å². The average Bonchev–Trinajstić information content (AvgIpc) is 2.67. The summed E-state index contributed by atoms with van der Waals surface area (Å²) in [6.45, 7) is 0.699. The van der Waals surface area contributed by atoms with Crippen molar-refractivity contribution in [3.63, 3.8) is 0 Å². The van der Waals surface area contributed by atoms with E-state index < -0.39 is 0 Å². The second kappa shape index (κ2) is 5.74. The SMILES string of the molecule is NC(CC(=O)NCC1CCSC1)=NO. The number of rotatable bonds is 4. The van der Waals surface area contributed by atoms with Crippen molar-refractivity contribution < 1.29 is 10.0 Å². The van der Waals surface area contributed by atoms with Crippen molar-refractivity contribution >= 4 is 23.5 Å². The summed E-state index contributed by atoms with van der Waals surface area (Å²) in [5.74, 6) is 2.64. The second-order valence-electron chi connectivity index (χ2n) is 3.30. The van der Waals surface area contributed by atoms with E-state index in [1.54, 1.807) is 0 Å². The Hall–Kier alpha value is -0.910. The number of carbonyl (C=O) groups is 1. The third-order valence-corrected chi connectivity index (χ3v) is 3.31. The van der Waals surface area contributed by atoms with Gasteiger partial charge in [-0.05, 0) is 23.8 Å². The first-order valence-corrected chi connectivity index (χ1v) is 5.68. The zero-order chi connectivity index (χ0) is 10.4. The van der Waals surface area contributed by atoms with Gasteiger partial charge in [0.25, 0.3) is 0 Å². The molecule has 1 aliphatic rings. The van der Waals surface area contributed by atoms with E-state index in [1.165, 1.54) is 5.75 Å². The first-order chi connectivity index (χ1) is 6.72. The Kier molecular flexibility index (Phi) is 4.58. The van der Waals surface area contributed by atoms with Gasteiger partial charge >= 0.3 is 0 Å². The molecule has 1 atom stereocenters. The summed E-state index contributed by atoms with van der Waals surface area (Å²) in [6.07, 6.45) is 1.13. The highest BCUT2D eigenvalue weighted by Crippen LogP contribution is 2.22. The fourth-order valence-electron chi connectivity index (χ4n) is 1.26. The molecule has 1 amide bonds. The molecule has 1 heterocycles. The van der Waals surface area contributed by atoms with E-state index in [0.717, 1.165) is 12.2 Å². The number of nitrogens with zero attached hydrogens (tertiary/aromatic N) is 1. The molecule has 0 bridgehead atoms. The molecule has 0 saturated carbocycles. The highest BCUT2D eigenvalue weighted by Gasteiger charge is 2.16. The standard InChI is InChI=1S/C8H15N3O2S/c9-7(11-13)3-8(12)10-4-6-1-2-14-5-6/h6,13H,1-5H2,(H2,9,11)(H,10,12). The number of carbonyl (C=O) groups excluding carboxylic acids is 1. The molecule has 0 aliphatic carbocycles. The molecular formula is C8H15N3O2S. The summed E-state index contributed by atoms with van der Waals surface area (Å²) in [7, 11) is 0. The lowest BCUT2D eigenvalue weighted by atomic mass is 10.1. The molecule has 4 N–H and O–H groups in total. The average molecular weight is 217 g/mol. The summed E-state index contributed by atoms with van der Waals surface area (Å²) in [4.78, 5) is 11.2. The molecule has 0 aromatic carbocycles. The molecule has 1 rings (SSSR count). The molecule has 1 aliphatic heterocycles. The number of hydrogen-bond acceptors (Lipinski definition) is 4. The quantitative estimate of drug-likeness (QED) is 0.267. The molecule has 0 aromatic rings. The minimum atomic E-state index is -0.183. The predicted octanol–water partition coefficient (Wildman–Crippen LogP) is -0.00780. The van der Waals surface area contributed by atoms with Crippen molar-refractivity contribution in [1.82, 2.24) is 5.32 Å². The van der Waals surface area contributed by atoms with Crippen LogP contribution in [0.2, 0.25) is 0 Å². The van der Waals surface area contributed by atoms with Gasteiger partial charge in [-0.3, -0.25) is 4.79 Å². The lowest BCUT2D eigenvalue weighted by Crippen LogP contribution is -2.32. The molecular weight excluding hydrogens is 202 g/mol. The number of oxime groups is 1. The van der Waals surface area contributed by atoms with E-state index in [0.29, 0.717) is 12.5 Å². The van der Waals surface area contributed by atoms with E-state index in [1.807, 2.05) is 11.8 Å². The lowest BCUT2D eigenvalue weighted by molar-refractivity contribution is -0.120. The second-order valence-corrected chi connectivity index (χ2v) is 4.45. The first kappa shape index (κ1) is 11.2. The zero-order valence-corrected chi connectivity index (χ0v) is 8.72. The monoisotopic (exact) mass is 217 g/mol. The Balaban J connectivity index is 2.14. The van der Waals surface area contributed by atoms with Crippen LogP contribution in [-0.2, 0) is 4.79 Å². The Labute approximate surface area is 87.1 Å². The summed E-state index contributed by atoms with van der Waals surface area (Å²) >= 11 is 1.91. The van der Waals surface area contributed by atoms with Gasteiger partial charge in [-0.15, -0.1) is 0 Å². The fraction of sp³-hybridized carbons (Fsp3) is 0.750. The molecule has 0 aromatic heterocycles. The Morgan fingerprint density at radius 3 is 3.07 bits per heavy atom. The highest BCUT2D eigenvalue weighted by atomic mass is 32.2. The van der Waals surface area contributed by atoms with Crippen LogP contribution >= 0.6 is 11.8 Å². The van der Waals surface area contributed by atoms with Crippen molar-refractivity contribution in [2.45, 2.75) is 12.8 Å². The van der Waals surface area contributed by atoms with Gasteiger partial charge in [0.15, 0.2) is 0 Å². The summed E-state index contributed by atoms with van der Waals surface area (Å²) in [6, 6.07) is 0. The summed E-state index contributed by atoms with van der Waals surface area (Å²) in [5, 5.41) is 13.7. The van der Waals surface area contributed by atoms with Crippen LogP contribution in [0.1, 0.15) is 12.8 Å². The minimum absolute atomic E-state index is 0.0314. The highest BCUT2D eigenvalue weighted by molar-refractivity contribution is 7.99. The van der Waals surface area contributed by atoms with Crippen molar-refractivity contribution in [1.29, 1.82) is 0 Å². The fourth-order valence-corrected chi connectivity index (χ4v) is 2.55. The smallest absolute Gasteiger partial charge is 0.227 e. The molecule has 1 unspecified atom stereocenters. The van der Waals surface area contributed by atoms with Crippen LogP contribution in [0.3, 0.4) is 0 Å². The van der Waals surface area contributed by atoms with Gasteiger partial charge in [0.1, 0.15) is 5.84 Å². The largest absolute Gasteiger partial charge is 0.409 e. The molecule has 0 spiro atoms. The number of amides is 1. The van der Waals surface area contributed by atoms with E-state index in [9.17, 15) is 4.79 Å². The number of hydrogen-bond donors (Lipinski definition) is 3. The molecule has 6 heteroatoms. The van der Waals surface area contributed by atoms with Crippen LogP contribution < -0.4 is 11.1 Å². The van der Waals surface area contributed by atoms with Gasteiger partial charge in [0, 0.05) is 6.54 Å². The molecule has 0 radical (unpaired) electrons. The third-order valence-electron chi connectivity index (χ3n) is 2.08. The number of thioether (sulfide) groups is 1. The Bertz CT molecular complexity index is 227. The third kappa shape index (κ3) is 3.87. The van der Waals surface area contributed by atoms with Crippen molar-refractivity contribution in [2.75, 3.05) is 18.1 Å². The Morgan fingerprint density at radius 1 is 1.71 bits per heavy atom. The van der Waals surface area contributed by atoms with E-state index in [4.69, 9.17) is 10.9 Å². The van der Waals surface area contributed by atoms with Crippen molar-refractivity contribution in [3.8, 4) is 0 Å². The maximum Gasteiger partial charge on any atom is 0.227 e. The van der Waals surface area contributed by atoms with E-state index in [2.05, 4.69) is 10.5 Å². The molecule has 5 nitrogen and oxygen atoms in total. The molecule has 1 saturated heterocycles. The number of nitrogens with two attached hydrogens (primary N) is 1. The van der Waals surface area contributed by atoms with Crippen LogP contribution in [0.5, 0.6) is 0 Å². The summed E-state index contributed by atoms with van der Waals surface area (Å²) < 4.78 is 0. The van der Waals surface area contributed by atoms with Crippen LogP contribution in [-0.4, -0.2) is 35.0 Å². The molecule has 1 fully saturated rings. The van der Waals surface area contributed by atoms with E-state index >= 15 is 0 Å². The van der Waals surface area contributed by atoms with Gasteiger partial charge in [-0.1, -0.05) is 5.16 Å². The minimum Gasteiger partial charge on any atom is -0.409 e. The Morgan fingerprint density at radius 2 is 2.50 bits per heavy atom. The molecule has 14 heavy (non-hydrogen) atoms. The van der Waals surface area contributed by atoms with Crippen LogP contribution in [0, 0.1) is 5.92 Å². The maximum atomic E-state index is 11.2. The van der Waals surface area contributed by atoms with Crippen LogP contribution in [0.4, 0.5) is 0 Å². The van der Waals surface area contributed by atoms with Gasteiger partial charge in [0.2, 0.25) is 5.91 Å². The summed E-state index contributed by atoms with van der Waals surface area (Å²) in [5.41, 5.74) is 5.19. The van der Waals surface area contributed by atoms with Gasteiger partial charge in [-0.2, -0.15) is 11.8 Å². The van der Waals surface area contributed by atoms with Crippen molar-refractivity contribution in [3.05, 3.63) is 0 Å². The topological polar surface area (TPSA) is 87.7 Å². The molecule has 80 valence electrons. The number of amidine groups is 1. The number of nitrogens with one attached hydrogen (secondary N) is 1. The van der Waals surface area contributed by atoms with Gasteiger partial charge in [0.05, 0.1) is 6.42 Å². The van der Waals surface area contributed by atoms with E-state index in [-0.39, 0.29) is 18.2 Å². The van der Waals surface area contributed by atoms with Gasteiger partial charge < -0.3 is 16.3 Å². The van der Waals surface area contributed by atoms with Crippen LogP contribution in [0.25, 0.3) is 0 Å².